The van der Waals surface area contributed by atoms with Crippen LogP contribution in [0, 0.1) is 22.7 Å². The molecule has 0 fully saturated rings. The molecule has 0 bridgehead atoms. The molecule has 1 heterocycles. The largest absolute Gasteiger partial charge is 0.454 e. The standard InChI is InChI=1S/C19H11N5O2/c20-8-13-2-1-3-15(4-13)19(25)24-16-5-14(9-21)6-17(7-16)26-18-10-22-12-23-11-18/h1-7,10-12H,(H,24,25). The predicted octanol–water partition coefficient (Wildman–Crippen LogP) is 3.26. The molecule has 1 amide bonds. The zero-order valence-corrected chi connectivity index (χ0v) is 13.4. The maximum atomic E-state index is 12.4. The third-order valence-electron chi connectivity index (χ3n) is 3.32. The first-order valence-corrected chi connectivity index (χ1v) is 7.47. The molecule has 0 aliphatic rings. The van der Waals surface area contributed by atoms with Gasteiger partial charge in [0.05, 0.1) is 35.7 Å². The van der Waals surface area contributed by atoms with Gasteiger partial charge in [-0.3, -0.25) is 4.79 Å². The Hall–Kier alpha value is -4.23. The molecule has 0 saturated heterocycles. The second kappa shape index (κ2) is 7.56. The van der Waals surface area contributed by atoms with E-state index < -0.39 is 5.91 Å². The molecule has 0 atom stereocenters. The van der Waals surface area contributed by atoms with Gasteiger partial charge < -0.3 is 10.1 Å². The number of carbonyl (C=O) groups is 1. The quantitative estimate of drug-likeness (QED) is 0.779. The number of nitriles is 2. The van der Waals surface area contributed by atoms with Crippen LogP contribution in [0.5, 0.6) is 11.5 Å². The van der Waals surface area contributed by atoms with Crippen molar-refractivity contribution in [1.82, 2.24) is 9.97 Å². The van der Waals surface area contributed by atoms with Gasteiger partial charge in [-0.25, -0.2) is 9.97 Å². The molecule has 124 valence electrons. The van der Waals surface area contributed by atoms with Gasteiger partial charge in [-0.05, 0) is 30.3 Å². The van der Waals surface area contributed by atoms with Crippen molar-refractivity contribution in [3.8, 4) is 23.6 Å². The van der Waals surface area contributed by atoms with Crippen LogP contribution in [0.1, 0.15) is 21.5 Å². The number of hydrogen-bond donors (Lipinski definition) is 1. The van der Waals surface area contributed by atoms with Crippen LogP contribution < -0.4 is 10.1 Å². The van der Waals surface area contributed by atoms with Crippen LogP contribution in [0.15, 0.2) is 61.2 Å². The number of aromatic nitrogens is 2. The Balaban J connectivity index is 1.85. The summed E-state index contributed by atoms with van der Waals surface area (Å²) in [5.74, 6) is 0.368. The van der Waals surface area contributed by atoms with Gasteiger partial charge in [0, 0.05) is 17.3 Å². The first-order chi connectivity index (χ1) is 12.7. The summed E-state index contributed by atoms with van der Waals surface area (Å²) in [7, 11) is 0. The SMILES string of the molecule is N#Cc1cc(NC(=O)c2cccc(C#N)c2)cc(Oc2cncnc2)c1. The molecule has 0 saturated carbocycles. The van der Waals surface area contributed by atoms with Crippen molar-refractivity contribution in [1.29, 1.82) is 10.5 Å². The number of nitrogens with zero attached hydrogens (tertiary/aromatic N) is 4. The van der Waals surface area contributed by atoms with Gasteiger partial charge in [0.15, 0.2) is 5.75 Å². The molecule has 0 aliphatic carbocycles. The summed E-state index contributed by atoms with van der Waals surface area (Å²) in [5, 5.41) is 20.8. The van der Waals surface area contributed by atoms with Gasteiger partial charge >= 0.3 is 0 Å². The number of ether oxygens (including phenoxy) is 1. The number of nitrogens with one attached hydrogen (secondary N) is 1. The van der Waals surface area contributed by atoms with Crippen LogP contribution in [0.3, 0.4) is 0 Å². The lowest BCUT2D eigenvalue weighted by Crippen LogP contribution is -2.12. The Bertz CT molecular complexity index is 1040. The van der Waals surface area contributed by atoms with E-state index in [4.69, 9.17) is 10.00 Å². The highest BCUT2D eigenvalue weighted by atomic mass is 16.5. The molecule has 1 N–H and O–H groups in total. The van der Waals surface area contributed by atoms with Gasteiger partial charge in [0.2, 0.25) is 0 Å². The minimum atomic E-state index is -0.397. The van der Waals surface area contributed by atoms with Crippen molar-refractivity contribution in [2.75, 3.05) is 5.32 Å². The summed E-state index contributed by atoms with van der Waals surface area (Å²) >= 11 is 0. The van der Waals surface area contributed by atoms with Crippen LogP contribution in [-0.2, 0) is 0 Å². The maximum Gasteiger partial charge on any atom is 0.255 e. The van der Waals surface area contributed by atoms with E-state index in [1.54, 1.807) is 30.3 Å². The summed E-state index contributed by atoms with van der Waals surface area (Å²) in [4.78, 5) is 20.1. The monoisotopic (exact) mass is 341 g/mol. The fourth-order valence-electron chi connectivity index (χ4n) is 2.20. The topological polar surface area (TPSA) is 112 Å². The second-order valence-electron chi connectivity index (χ2n) is 5.18. The Morgan fingerprint density at radius 3 is 2.46 bits per heavy atom. The number of anilines is 1. The number of rotatable bonds is 4. The van der Waals surface area contributed by atoms with E-state index in [-0.39, 0.29) is 0 Å². The smallest absolute Gasteiger partial charge is 0.255 e. The van der Waals surface area contributed by atoms with E-state index in [9.17, 15) is 10.1 Å². The number of hydrogen-bond acceptors (Lipinski definition) is 6. The highest BCUT2D eigenvalue weighted by molar-refractivity contribution is 6.04. The van der Waals surface area contributed by atoms with Crippen molar-refractivity contribution in [3.05, 3.63) is 77.9 Å². The second-order valence-corrected chi connectivity index (χ2v) is 5.18. The lowest BCUT2D eigenvalue weighted by molar-refractivity contribution is 0.102. The van der Waals surface area contributed by atoms with Crippen molar-refractivity contribution in [3.63, 3.8) is 0 Å². The molecule has 0 aliphatic heterocycles. The fraction of sp³-hybridized carbons (Fsp3) is 0. The van der Waals surface area contributed by atoms with Crippen molar-refractivity contribution in [2.24, 2.45) is 0 Å². The molecule has 26 heavy (non-hydrogen) atoms. The van der Waals surface area contributed by atoms with Gasteiger partial charge in [0.1, 0.15) is 12.1 Å². The molecule has 0 unspecified atom stereocenters. The van der Waals surface area contributed by atoms with E-state index in [2.05, 4.69) is 15.3 Å². The molecule has 0 radical (unpaired) electrons. The third kappa shape index (κ3) is 3.99. The van der Waals surface area contributed by atoms with E-state index in [0.29, 0.717) is 33.9 Å². The molecular formula is C19H11N5O2. The van der Waals surface area contributed by atoms with Gasteiger partial charge in [-0.1, -0.05) is 6.07 Å². The molecule has 2 aromatic carbocycles. The zero-order chi connectivity index (χ0) is 18.4. The average Bonchev–Trinajstić information content (AvgIpc) is 2.68. The molecular weight excluding hydrogens is 330 g/mol. The molecule has 3 rings (SSSR count). The van der Waals surface area contributed by atoms with Gasteiger partial charge in [0.25, 0.3) is 5.91 Å². The Labute approximate surface area is 149 Å². The summed E-state index contributed by atoms with van der Waals surface area (Å²) < 4.78 is 5.61. The van der Waals surface area contributed by atoms with E-state index in [1.165, 1.54) is 30.9 Å². The number of carbonyl (C=O) groups excluding carboxylic acids is 1. The zero-order valence-electron chi connectivity index (χ0n) is 13.4. The minimum absolute atomic E-state index is 0.320. The van der Waals surface area contributed by atoms with Crippen LogP contribution in [0.4, 0.5) is 5.69 Å². The molecule has 0 spiro atoms. The number of amides is 1. The Kier molecular flexibility index (Phi) is 4.83. The fourth-order valence-corrected chi connectivity index (χ4v) is 2.20. The molecule has 7 nitrogen and oxygen atoms in total. The molecule has 1 aromatic heterocycles. The van der Waals surface area contributed by atoms with Crippen LogP contribution in [-0.4, -0.2) is 15.9 Å². The van der Waals surface area contributed by atoms with Crippen molar-refractivity contribution >= 4 is 11.6 Å². The normalized spacial score (nSPS) is 9.62. The lowest BCUT2D eigenvalue weighted by Gasteiger charge is -2.10. The Morgan fingerprint density at radius 1 is 0.962 bits per heavy atom. The van der Waals surface area contributed by atoms with Crippen LogP contribution >= 0.6 is 0 Å². The van der Waals surface area contributed by atoms with Crippen molar-refractivity contribution < 1.29 is 9.53 Å². The van der Waals surface area contributed by atoms with Gasteiger partial charge in [-0.2, -0.15) is 10.5 Å². The summed E-state index contributed by atoms with van der Waals surface area (Å²) in [6, 6.07) is 15.0. The highest BCUT2D eigenvalue weighted by Crippen LogP contribution is 2.25. The van der Waals surface area contributed by atoms with Gasteiger partial charge in [-0.15, -0.1) is 0 Å². The van der Waals surface area contributed by atoms with E-state index >= 15 is 0 Å². The molecule has 7 heteroatoms. The summed E-state index contributed by atoms with van der Waals surface area (Å²) in [6.07, 6.45) is 4.34. The summed E-state index contributed by atoms with van der Waals surface area (Å²) in [5.41, 5.74) is 1.44. The predicted molar refractivity (Wildman–Crippen MR) is 92.4 cm³/mol. The maximum absolute atomic E-state index is 12.4. The highest BCUT2D eigenvalue weighted by Gasteiger charge is 2.10. The average molecular weight is 341 g/mol. The number of benzene rings is 2. The molecule has 3 aromatic rings. The van der Waals surface area contributed by atoms with E-state index in [0.717, 1.165) is 0 Å². The van der Waals surface area contributed by atoms with Crippen molar-refractivity contribution in [2.45, 2.75) is 0 Å². The Morgan fingerprint density at radius 2 is 1.73 bits per heavy atom. The van der Waals surface area contributed by atoms with Crippen LogP contribution in [0.2, 0.25) is 0 Å². The van der Waals surface area contributed by atoms with E-state index in [1.807, 2.05) is 12.1 Å². The third-order valence-corrected chi connectivity index (χ3v) is 3.32. The van der Waals surface area contributed by atoms with Crippen LogP contribution in [0.25, 0.3) is 0 Å². The first kappa shape index (κ1) is 16.6. The summed E-state index contributed by atoms with van der Waals surface area (Å²) in [6.45, 7) is 0. The first-order valence-electron chi connectivity index (χ1n) is 7.47. The minimum Gasteiger partial charge on any atom is -0.454 e. The lowest BCUT2D eigenvalue weighted by atomic mass is 10.1.